The van der Waals surface area contributed by atoms with E-state index in [-0.39, 0.29) is 11.9 Å². The van der Waals surface area contributed by atoms with Crippen LogP contribution in [0.5, 0.6) is 0 Å². The van der Waals surface area contributed by atoms with Gasteiger partial charge in [-0.2, -0.15) is 5.26 Å². The summed E-state index contributed by atoms with van der Waals surface area (Å²) in [7, 11) is 0. The molecule has 1 aliphatic rings. The Morgan fingerprint density at radius 1 is 1.12 bits per heavy atom. The summed E-state index contributed by atoms with van der Waals surface area (Å²) < 4.78 is 0. The van der Waals surface area contributed by atoms with Crippen molar-refractivity contribution in [2.45, 2.75) is 19.9 Å². The Labute approximate surface area is 154 Å². The lowest BCUT2D eigenvalue weighted by Gasteiger charge is -2.38. The molecule has 1 heterocycles. The summed E-state index contributed by atoms with van der Waals surface area (Å²) in [5, 5.41) is 11.9. The van der Waals surface area contributed by atoms with Gasteiger partial charge in [-0.05, 0) is 49.7 Å². The smallest absolute Gasteiger partial charge is 0.241 e. The van der Waals surface area contributed by atoms with Crippen molar-refractivity contribution in [1.82, 2.24) is 4.90 Å². The van der Waals surface area contributed by atoms with Crippen LogP contribution < -0.4 is 10.2 Å². The van der Waals surface area contributed by atoms with Crippen LogP contribution in [0.3, 0.4) is 0 Å². The van der Waals surface area contributed by atoms with Crippen molar-refractivity contribution in [2.75, 3.05) is 36.4 Å². The van der Waals surface area contributed by atoms with Crippen LogP contribution in [0, 0.1) is 18.3 Å². The zero-order chi connectivity index (χ0) is 18.5. The van der Waals surface area contributed by atoms with Gasteiger partial charge in [0.15, 0.2) is 0 Å². The normalized spacial score (nSPS) is 16.0. The van der Waals surface area contributed by atoms with Crippen LogP contribution in [0.25, 0.3) is 0 Å². The van der Waals surface area contributed by atoms with Crippen LogP contribution in [0.1, 0.15) is 18.1 Å². The summed E-state index contributed by atoms with van der Waals surface area (Å²) in [6, 6.07) is 17.4. The molecular weight excluding hydrogens is 324 g/mol. The molecule has 0 radical (unpaired) electrons. The Hall–Kier alpha value is -2.84. The number of hydrogen-bond donors (Lipinski definition) is 1. The fourth-order valence-corrected chi connectivity index (χ4v) is 3.27. The Bertz CT molecular complexity index is 819. The number of piperazine rings is 1. The summed E-state index contributed by atoms with van der Waals surface area (Å²) >= 11 is 0. The SMILES string of the molecule is Cc1cccc(N2CCN([C@@H](C)C(=O)Nc3cccc(C#N)c3)CC2)c1. The molecule has 0 aromatic heterocycles. The first-order valence-corrected chi connectivity index (χ1v) is 8.93. The summed E-state index contributed by atoms with van der Waals surface area (Å²) in [6.45, 7) is 7.55. The van der Waals surface area contributed by atoms with Crippen molar-refractivity contribution in [3.63, 3.8) is 0 Å². The molecule has 0 unspecified atom stereocenters. The molecular formula is C21H24N4O. The molecule has 5 nitrogen and oxygen atoms in total. The minimum absolute atomic E-state index is 0.0379. The van der Waals surface area contributed by atoms with Gasteiger partial charge in [0.1, 0.15) is 0 Å². The van der Waals surface area contributed by atoms with Crippen LogP contribution in [0.4, 0.5) is 11.4 Å². The third kappa shape index (κ3) is 4.22. The van der Waals surface area contributed by atoms with E-state index in [9.17, 15) is 4.79 Å². The third-order valence-electron chi connectivity index (χ3n) is 4.87. The summed E-state index contributed by atoms with van der Waals surface area (Å²) in [5.41, 5.74) is 3.72. The van der Waals surface area contributed by atoms with Gasteiger partial charge in [-0.15, -0.1) is 0 Å². The fourth-order valence-electron chi connectivity index (χ4n) is 3.27. The molecule has 5 heteroatoms. The molecule has 1 fully saturated rings. The average molecular weight is 348 g/mol. The van der Waals surface area contributed by atoms with E-state index < -0.39 is 0 Å². The number of nitrogens with zero attached hydrogens (tertiary/aromatic N) is 3. The predicted molar refractivity (Wildman–Crippen MR) is 104 cm³/mol. The van der Waals surface area contributed by atoms with Crippen LogP contribution in [-0.2, 0) is 4.79 Å². The standard InChI is InChI=1S/C21H24N4O/c1-16-5-3-8-20(13-16)25-11-9-24(10-12-25)17(2)21(26)23-19-7-4-6-18(14-19)15-22/h3-8,13-14,17H,9-12H2,1-2H3,(H,23,26)/t17-/m0/s1. The molecule has 0 bridgehead atoms. The molecule has 1 amide bonds. The van der Waals surface area contributed by atoms with Crippen LogP contribution >= 0.6 is 0 Å². The second-order valence-electron chi connectivity index (χ2n) is 6.72. The number of nitrogens with one attached hydrogen (secondary N) is 1. The van der Waals surface area contributed by atoms with E-state index in [1.807, 2.05) is 6.92 Å². The first-order valence-electron chi connectivity index (χ1n) is 8.93. The molecule has 2 aromatic carbocycles. The summed E-state index contributed by atoms with van der Waals surface area (Å²) in [5.74, 6) is -0.0379. The number of carbonyl (C=O) groups is 1. The monoisotopic (exact) mass is 348 g/mol. The number of amides is 1. The molecule has 1 atom stereocenters. The first kappa shape index (κ1) is 18.0. The van der Waals surface area contributed by atoms with Crippen LogP contribution in [-0.4, -0.2) is 43.0 Å². The number of aryl methyl sites for hydroxylation is 1. The molecule has 1 N–H and O–H groups in total. The Balaban J connectivity index is 1.56. The second kappa shape index (κ2) is 8.03. The molecule has 134 valence electrons. The van der Waals surface area contributed by atoms with E-state index in [2.05, 4.69) is 52.4 Å². The molecule has 1 aliphatic heterocycles. The van der Waals surface area contributed by atoms with Crippen molar-refractivity contribution in [2.24, 2.45) is 0 Å². The zero-order valence-corrected chi connectivity index (χ0v) is 15.3. The molecule has 0 spiro atoms. The fraction of sp³-hybridized carbons (Fsp3) is 0.333. The Kier molecular flexibility index (Phi) is 5.55. The number of carbonyl (C=O) groups excluding carboxylic acids is 1. The Morgan fingerprint density at radius 2 is 1.85 bits per heavy atom. The highest BCUT2D eigenvalue weighted by atomic mass is 16.2. The van der Waals surface area contributed by atoms with Gasteiger partial charge < -0.3 is 10.2 Å². The number of rotatable bonds is 4. The van der Waals surface area contributed by atoms with E-state index in [0.29, 0.717) is 11.3 Å². The van der Waals surface area contributed by atoms with Crippen molar-refractivity contribution in [1.29, 1.82) is 5.26 Å². The maximum Gasteiger partial charge on any atom is 0.241 e. The van der Waals surface area contributed by atoms with Gasteiger partial charge in [0.05, 0.1) is 17.7 Å². The van der Waals surface area contributed by atoms with Crippen LogP contribution in [0.15, 0.2) is 48.5 Å². The number of hydrogen-bond acceptors (Lipinski definition) is 4. The van der Waals surface area contributed by atoms with Gasteiger partial charge in [0, 0.05) is 37.6 Å². The van der Waals surface area contributed by atoms with E-state index >= 15 is 0 Å². The number of nitriles is 1. The van der Waals surface area contributed by atoms with Crippen molar-refractivity contribution in [3.8, 4) is 6.07 Å². The van der Waals surface area contributed by atoms with Gasteiger partial charge >= 0.3 is 0 Å². The number of anilines is 2. The van der Waals surface area contributed by atoms with Gasteiger partial charge in [-0.25, -0.2) is 0 Å². The van der Waals surface area contributed by atoms with E-state index in [1.54, 1.807) is 24.3 Å². The van der Waals surface area contributed by atoms with Gasteiger partial charge in [-0.3, -0.25) is 9.69 Å². The highest BCUT2D eigenvalue weighted by Crippen LogP contribution is 2.19. The molecule has 0 saturated carbocycles. The average Bonchev–Trinajstić information content (AvgIpc) is 2.67. The number of benzene rings is 2. The quantitative estimate of drug-likeness (QED) is 0.923. The lowest BCUT2D eigenvalue weighted by atomic mass is 10.1. The predicted octanol–water partition coefficient (Wildman–Crippen LogP) is 3.02. The second-order valence-corrected chi connectivity index (χ2v) is 6.72. The van der Waals surface area contributed by atoms with Gasteiger partial charge in [-0.1, -0.05) is 18.2 Å². The maximum atomic E-state index is 12.6. The van der Waals surface area contributed by atoms with E-state index in [0.717, 1.165) is 26.2 Å². The van der Waals surface area contributed by atoms with Gasteiger partial charge in [0.2, 0.25) is 5.91 Å². The topological polar surface area (TPSA) is 59.4 Å². The minimum atomic E-state index is -0.208. The maximum absolute atomic E-state index is 12.6. The van der Waals surface area contributed by atoms with Crippen LogP contribution in [0.2, 0.25) is 0 Å². The van der Waals surface area contributed by atoms with Gasteiger partial charge in [0.25, 0.3) is 0 Å². The molecule has 1 saturated heterocycles. The summed E-state index contributed by atoms with van der Waals surface area (Å²) in [6.07, 6.45) is 0. The lowest BCUT2D eigenvalue weighted by Crippen LogP contribution is -2.52. The molecule has 26 heavy (non-hydrogen) atoms. The zero-order valence-electron chi connectivity index (χ0n) is 15.3. The lowest BCUT2D eigenvalue weighted by molar-refractivity contribution is -0.120. The summed E-state index contributed by atoms with van der Waals surface area (Å²) in [4.78, 5) is 17.1. The molecule has 3 rings (SSSR count). The molecule has 2 aromatic rings. The Morgan fingerprint density at radius 3 is 2.54 bits per heavy atom. The molecule has 0 aliphatic carbocycles. The highest BCUT2D eigenvalue weighted by Gasteiger charge is 2.25. The van der Waals surface area contributed by atoms with Crippen molar-refractivity contribution >= 4 is 17.3 Å². The highest BCUT2D eigenvalue weighted by molar-refractivity contribution is 5.94. The minimum Gasteiger partial charge on any atom is -0.369 e. The third-order valence-corrected chi connectivity index (χ3v) is 4.87. The largest absolute Gasteiger partial charge is 0.369 e. The van der Waals surface area contributed by atoms with Crippen molar-refractivity contribution in [3.05, 3.63) is 59.7 Å². The van der Waals surface area contributed by atoms with E-state index in [4.69, 9.17) is 5.26 Å². The van der Waals surface area contributed by atoms with Crippen molar-refractivity contribution < 1.29 is 4.79 Å². The first-order chi connectivity index (χ1) is 12.6. The van der Waals surface area contributed by atoms with E-state index in [1.165, 1.54) is 11.3 Å².